The number of aryl methyl sites for hydroxylation is 3. The van der Waals surface area contributed by atoms with Gasteiger partial charge in [-0.25, -0.2) is 12.7 Å². The third kappa shape index (κ3) is 3.83. The zero-order valence-electron chi connectivity index (χ0n) is 19.9. The first-order valence-electron chi connectivity index (χ1n) is 11.4. The Morgan fingerprint density at radius 2 is 1.62 bits per heavy atom. The lowest BCUT2D eigenvalue weighted by Gasteiger charge is -2.33. The van der Waals surface area contributed by atoms with Crippen LogP contribution in [-0.2, 0) is 15.4 Å². The summed E-state index contributed by atoms with van der Waals surface area (Å²) in [6, 6.07) is 9.02. The summed E-state index contributed by atoms with van der Waals surface area (Å²) in [5.41, 5.74) is 3.92. The summed E-state index contributed by atoms with van der Waals surface area (Å²) in [5.74, 6) is 0.442. The van der Waals surface area contributed by atoms with E-state index in [9.17, 15) is 13.5 Å². The van der Waals surface area contributed by atoms with Crippen LogP contribution in [0.25, 0.3) is 0 Å². The van der Waals surface area contributed by atoms with Gasteiger partial charge in [-0.1, -0.05) is 57.4 Å². The molecule has 2 aromatic carbocycles. The van der Waals surface area contributed by atoms with E-state index in [0.29, 0.717) is 16.3 Å². The predicted octanol–water partition coefficient (Wildman–Crippen LogP) is 5.38. The van der Waals surface area contributed by atoms with Crippen molar-refractivity contribution in [3.8, 4) is 5.75 Å². The third-order valence-corrected chi connectivity index (χ3v) is 8.84. The first-order valence-corrected chi connectivity index (χ1v) is 12.9. The van der Waals surface area contributed by atoms with Crippen LogP contribution in [0.3, 0.4) is 0 Å². The Bertz CT molecular complexity index is 1170. The van der Waals surface area contributed by atoms with Crippen LogP contribution in [-0.4, -0.2) is 35.7 Å². The monoisotopic (exact) mass is 454 g/mol. The molecule has 0 unspecified atom stereocenters. The van der Waals surface area contributed by atoms with Gasteiger partial charge < -0.3 is 5.11 Å². The second kappa shape index (κ2) is 7.91. The molecule has 0 amide bonds. The molecule has 0 aromatic heterocycles. The number of aliphatic imine (C=N–C) groups is 1. The van der Waals surface area contributed by atoms with E-state index < -0.39 is 10.0 Å². The fraction of sp³-hybridized carbons (Fsp3) is 0.500. The second-order valence-electron chi connectivity index (χ2n) is 10.4. The lowest BCUT2D eigenvalue weighted by molar-refractivity contribution is 0.315. The molecule has 5 nitrogen and oxygen atoms in total. The van der Waals surface area contributed by atoms with Gasteiger partial charge in [0, 0.05) is 0 Å². The number of rotatable bonds is 3. The third-order valence-electron chi connectivity index (χ3n) is 6.72. The van der Waals surface area contributed by atoms with Crippen molar-refractivity contribution in [2.24, 2.45) is 4.99 Å². The van der Waals surface area contributed by atoms with E-state index in [1.165, 1.54) is 4.31 Å². The van der Waals surface area contributed by atoms with Gasteiger partial charge in [-0.3, -0.25) is 4.99 Å². The average Bonchev–Trinajstić information content (AvgIpc) is 3.06. The quantitative estimate of drug-likeness (QED) is 0.677. The molecule has 1 aliphatic heterocycles. The van der Waals surface area contributed by atoms with Crippen LogP contribution in [0.2, 0.25) is 0 Å². The molecule has 1 saturated carbocycles. The molecule has 172 valence electrons. The van der Waals surface area contributed by atoms with Gasteiger partial charge in [0.25, 0.3) is 10.0 Å². The molecule has 4 rings (SSSR count). The Hall–Kier alpha value is -2.34. The number of phenols is 1. The van der Waals surface area contributed by atoms with Crippen LogP contribution < -0.4 is 0 Å². The summed E-state index contributed by atoms with van der Waals surface area (Å²) < 4.78 is 29.9. The van der Waals surface area contributed by atoms with E-state index in [-0.39, 0.29) is 23.2 Å². The lowest BCUT2D eigenvalue weighted by Crippen LogP contribution is -2.45. The molecular weight excluding hydrogens is 420 g/mol. The summed E-state index contributed by atoms with van der Waals surface area (Å²) in [7, 11) is -3.86. The van der Waals surface area contributed by atoms with Gasteiger partial charge in [-0.15, -0.1) is 0 Å². The van der Waals surface area contributed by atoms with Crippen molar-refractivity contribution >= 4 is 15.9 Å². The number of phenolic OH excluding ortho intramolecular Hbond substituents is 1. The Morgan fingerprint density at radius 1 is 1.00 bits per heavy atom. The Labute approximate surface area is 192 Å². The summed E-state index contributed by atoms with van der Waals surface area (Å²) in [4.78, 5) is 5.27. The van der Waals surface area contributed by atoms with Crippen molar-refractivity contribution in [3.05, 3.63) is 58.1 Å². The summed E-state index contributed by atoms with van der Waals surface area (Å²) in [6.07, 6.45) is 3.67. The maximum atomic E-state index is 14.2. The van der Waals surface area contributed by atoms with Crippen molar-refractivity contribution in [1.82, 2.24) is 4.31 Å². The van der Waals surface area contributed by atoms with Crippen molar-refractivity contribution in [3.63, 3.8) is 0 Å². The number of hydrogen-bond donors (Lipinski definition) is 1. The van der Waals surface area contributed by atoms with Crippen molar-refractivity contribution < 1.29 is 13.5 Å². The van der Waals surface area contributed by atoms with E-state index in [1.54, 1.807) is 6.07 Å². The summed E-state index contributed by atoms with van der Waals surface area (Å²) in [5, 5.41) is 10.8. The zero-order valence-corrected chi connectivity index (χ0v) is 20.8. The molecule has 32 heavy (non-hydrogen) atoms. The van der Waals surface area contributed by atoms with Crippen molar-refractivity contribution in [2.45, 2.75) is 89.6 Å². The zero-order chi connectivity index (χ0) is 23.4. The summed E-state index contributed by atoms with van der Waals surface area (Å²) in [6.45, 7) is 12.0. The molecule has 6 heteroatoms. The van der Waals surface area contributed by atoms with Gasteiger partial charge in [-0.2, -0.15) is 0 Å². The van der Waals surface area contributed by atoms with Crippen LogP contribution in [0.1, 0.15) is 74.3 Å². The first-order chi connectivity index (χ1) is 14.9. The molecule has 1 fully saturated rings. The number of benzene rings is 2. The second-order valence-corrected chi connectivity index (χ2v) is 12.1. The molecule has 2 aliphatic rings. The minimum atomic E-state index is -3.86. The van der Waals surface area contributed by atoms with E-state index in [0.717, 1.165) is 47.9 Å². The molecule has 0 radical (unpaired) electrons. The van der Waals surface area contributed by atoms with Crippen LogP contribution in [0.5, 0.6) is 5.75 Å². The minimum absolute atomic E-state index is 0.0629. The van der Waals surface area contributed by atoms with Crippen LogP contribution in [0.4, 0.5) is 0 Å². The van der Waals surface area contributed by atoms with Gasteiger partial charge in [0.05, 0.1) is 22.5 Å². The predicted molar refractivity (Wildman–Crippen MR) is 129 cm³/mol. The maximum absolute atomic E-state index is 14.2. The molecule has 2 aromatic rings. The first kappa shape index (κ1) is 22.8. The largest absolute Gasteiger partial charge is 0.507 e. The van der Waals surface area contributed by atoms with Gasteiger partial charge in [-0.05, 0) is 67.9 Å². The van der Waals surface area contributed by atoms with E-state index >= 15 is 0 Å². The normalized spacial score (nSPS) is 21.4. The standard InChI is InChI=1S/C26H34N2O3S/c1-16-13-17(2)24(18(3)14-16)32(30,31)28-22-10-8-7-9-21(22)27-25(28)20-15-19(26(4,5)6)11-12-23(20)29/h11-15,21-22,29H,7-10H2,1-6H3/t21-,22-/m0/s1. The van der Waals surface area contributed by atoms with Crippen LogP contribution >= 0.6 is 0 Å². The summed E-state index contributed by atoms with van der Waals surface area (Å²) >= 11 is 0. The van der Waals surface area contributed by atoms with Gasteiger partial charge >= 0.3 is 0 Å². The van der Waals surface area contributed by atoms with Crippen molar-refractivity contribution in [2.75, 3.05) is 0 Å². The van der Waals surface area contributed by atoms with Gasteiger partial charge in [0.2, 0.25) is 0 Å². The van der Waals surface area contributed by atoms with Crippen molar-refractivity contribution in [1.29, 1.82) is 0 Å². The fourth-order valence-corrected chi connectivity index (χ4v) is 7.32. The highest BCUT2D eigenvalue weighted by Gasteiger charge is 2.46. The van der Waals surface area contributed by atoms with Gasteiger partial charge in [0.1, 0.15) is 11.6 Å². The maximum Gasteiger partial charge on any atom is 0.266 e. The number of sulfonamides is 1. The van der Waals surface area contributed by atoms with Gasteiger partial charge in [0.15, 0.2) is 0 Å². The van der Waals surface area contributed by atoms with E-state index in [2.05, 4.69) is 20.8 Å². The molecule has 0 bridgehead atoms. The number of hydrogen-bond acceptors (Lipinski definition) is 4. The molecule has 0 spiro atoms. The number of nitrogens with zero attached hydrogens (tertiary/aromatic N) is 2. The Kier molecular flexibility index (Phi) is 5.64. The molecule has 1 N–H and O–H groups in total. The Balaban J connectivity index is 1.92. The fourth-order valence-electron chi connectivity index (χ4n) is 5.22. The minimum Gasteiger partial charge on any atom is -0.507 e. The SMILES string of the molecule is Cc1cc(C)c(S(=O)(=O)N2C(c3cc(C(C)(C)C)ccc3O)=N[C@H]3CCCC[C@@H]32)c(C)c1. The lowest BCUT2D eigenvalue weighted by atomic mass is 9.86. The molecule has 1 aliphatic carbocycles. The van der Waals surface area contributed by atoms with E-state index in [4.69, 9.17) is 4.99 Å². The highest BCUT2D eigenvalue weighted by molar-refractivity contribution is 7.89. The molecule has 1 heterocycles. The number of aromatic hydroxyl groups is 1. The Morgan fingerprint density at radius 3 is 2.25 bits per heavy atom. The highest BCUT2D eigenvalue weighted by atomic mass is 32.2. The number of amidine groups is 1. The van der Waals surface area contributed by atoms with Crippen LogP contribution in [0.15, 0.2) is 40.2 Å². The topological polar surface area (TPSA) is 70.0 Å². The van der Waals surface area contributed by atoms with E-state index in [1.807, 2.05) is 45.0 Å². The average molecular weight is 455 g/mol. The molecule has 2 atom stereocenters. The molecular formula is C26H34N2O3S. The highest BCUT2D eigenvalue weighted by Crippen LogP contribution is 2.40. The van der Waals surface area contributed by atoms with Crippen LogP contribution in [0, 0.1) is 20.8 Å². The number of fused-ring (bicyclic) bond motifs is 1. The molecule has 0 saturated heterocycles. The smallest absolute Gasteiger partial charge is 0.266 e.